The van der Waals surface area contributed by atoms with E-state index in [0.717, 1.165) is 0 Å². The minimum absolute atomic E-state index is 0.271. The van der Waals surface area contributed by atoms with E-state index >= 15 is 0 Å². The molecule has 0 N–H and O–H groups in total. The lowest BCUT2D eigenvalue weighted by atomic mass is 10.3. The molecule has 10 heteroatoms. The average molecular weight is 288 g/mol. The van der Waals surface area contributed by atoms with Crippen LogP contribution in [0.3, 0.4) is 0 Å². The first-order valence-electron chi connectivity index (χ1n) is 4.55. The zero-order valence-corrected chi connectivity index (χ0v) is 9.66. The van der Waals surface area contributed by atoms with Crippen molar-refractivity contribution in [3.05, 3.63) is 0 Å². The molecule has 0 aliphatic heterocycles. The fourth-order valence-electron chi connectivity index (χ4n) is 0.595. The van der Waals surface area contributed by atoms with E-state index in [1.807, 2.05) is 0 Å². The molecule has 0 spiro atoms. The van der Waals surface area contributed by atoms with Crippen LogP contribution in [-0.2, 0) is 13.6 Å². The van der Waals surface area contributed by atoms with Gasteiger partial charge in [-0.1, -0.05) is 13.3 Å². The second kappa shape index (κ2) is 6.06. The highest BCUT2D eigenvalue weighted by molar-refractivity contribution is 7.48. The number of halogens is 6. The molecule has 0 aromatic carbocycles. The van der Waals surface area contributed by atoms with E-state index in [1.54, 1.807) is 6.92 Å². The Labute approximate surface area is 93.7 Å². The number of hydrogen-bond donors (Lipinski definition) is 0. The summed E-state index contributed by atoms with van der Waals surface area (Å²) in [5.41, 5.74) is 0. The van der Waals surface area contributed by atoms with Gasteiger partial charge >= 0.3 is 20.0 Å². The van der Waals surface area contributed by atoms with Crippen molar-refractivity contribution in [2.45, 2.75) is 31.9 Å². The standard InChI is InChI=1S/C7H11F6O3P/c1-2-3-4-15-17(13,14)16-5-6(8,9)7(10,11)12/h2-5H2,1H3. The Morgan fingerprint density at radius 1 is 1.12 bits per heavy atom. The van der Waals surface area contributed by atoms with E-state index < -0.39 is 26.6 Å². The first kappa shape index (κ1) is 16.7. The van der Waals surface area contributed by atoms with Crippen molar-refractivity contribution in [1.82, 2.24) is 0 Å². The Kier molecular flexibility index (Phi) is 5.96. The van der Waals surface area contributed by atoms with E-state index in [4.69, 9.17) is 0 Å². The minimum Gasteiger partial charge on any atom is -0.284 e. The molecule has 1 unspecified atom stereocenters. The van der Waals surface area contributed by atoms with Crippen LogP contribution in [0.5, 0.6) is 0 Å². The van der Waals surface area contributed by atoms with Gasteiger partial charge in [0.15, 0.2) is 0 Å². The zero-order valence-electron chi connectivity index (χ0n) is 8.77. The van der Waals surface area contributed by atoms with Crippen LogP contribution >= 0.6 is 7.91 Å². The highest BCUT2D eigenvalue weighted by Gasteiger charge is 2.58. The van der Waals surface area contributed by atoms with Crippen molar-refractivity contribution in [1.29, 1.82) is 0 Å². The topological polar surface area (TPSA) is 35.5 Å². The molecule has 0 saturated heterocycles. The highest BCUT2D eigenvalue weighted by Crippen LogP contribution is 2.51. The van der Waals surface area contributed by atoms with Gasteiger partial charge in [0.05, 0.1) is 6.61 Å². The smallest absolute Gasteiger partial charge is 0.284 e. The number of alkyl halides is 5. The van der Waals surface area contributed by atoms with Gasteiger partial charge < -0.3 is 0 Å². The van der Waals surface area contributed by atoms with Crippen LogP contribution in [0, 0.1) is 0 Å². The van der Waals surface area contributed by atoms with Crippen LogP contribution in [0.15, 0.2) is 0 Å². The molecule has 0 saturated carbocycles. The summed E-state index contributed by atoms with van der Waals surface area (Å²) in [5.74, 6) is -5.27. The van der Waals surface area contributed by atoms with E-state index in [2.05, 4.69) is 9.05 Å². The van der Waals surface area contributed by atoms with E-state index in [1.165, 1.54) is 0 Å². The molecule has 0 heterocycles. The number of hydrogen-bond acceptors (Lipinski definition) is 3. The molecule has 0 bridgehead atoms. The molecule has 0 fully saturated rings. The fraction of sp³-hybridized carbons (Fsp3) is 1.00. The number of rotatable bonds is 7. The lowest BCUT2D eigenvalue weighted by molar-refractivity contribution is -0.290. The lowest BCUT2D eigenvalue weighted by Gasteiger charge is -2.19. The van der Waals surface area contributed by atoms with Crippen molar-refractivity contribution in [3.63, 3.8) is 0 Å². The largest absolute Gasteiger partial charge is 0.513 e. The van der Waals surface area contributed by atoms with Crippen molar-refractivity contribution >= 4 is 7.91 Å². The molecule has 0 rings (SSSR count). The fourth-order valence-corrected chi connectivity index (χ4v) is 1.33. The number of unbranched alkanes of at least 4 members (excludes halogenated alkanes) is 1. The predicted molar refractivity (Wildman–Crippen MR) is 46.5 cm³/mol. The van der Waals surface area contributed by atoms with E-state index in [-0.39, 0.29) is 13.0 Å². The van der Waals surface area contributed by atoms with Gasteiger partial charge in [-0.05, 0) is 6.42 Å². The summed E-state index contributed by atoms with van der Waals surface area (Å²) in [4.78, 5) is 0. The molecule has 104 valence electrons. The highest BCUT2D eigenvalue weighted by atomic mass is 31.2. The third-order valence-corrected chi connectivity index (χ3v) is 2.49. The summed E-state index contributed by atoms with van der Waals surface area (Å²) in [5, 5.41) is 0. The van der Waals surface area contributed by atoms with Gasteiger partial charge in [0.2, 0.25) is 0 Å². The maximum Gasteiger partial charge on any atom is 0.513 e. The molecule has 17 heavy (non-hydrogen) atoms. The molecule has 0 aromatic rings. The van der Waals surface area contributed by atoms with Crippen molar-refractivity contribution in [2.24, 2.45) is 0 Å². The molecule has 3 nitrogen and oxygen atoms in total. The summed E-state index contributed by atoms with van der Waals surface area (Å²) in [6.07, 6.45) is -5.08. The van der Waals surface area contributed by atoms with Crippen LogP contribution in [0.4, 0.5) is 26.1 Å². The van der Waals surface area contributed by atoms with E-state index in [0.29, 0.717) is 6.42 Å². The van der Waals surface area contributed by atoms with Gasteiger partial charge in [-0.2, -0.15) is 22.0 Å². The molecular weight excluding hydrogens is 277 g/mol. The van der Waals surface area contributed by atoms with Crippen LogP contribution in [0.1, 0.15) is 19.8 Å². The van der Waals surface area contributed by atoms with E-state index in [9.17, 15) is 30.7 Å². The maximum atomic E-state index is 12.7. The normalized spacial score (nSPS) is 16.9. The van der Waals surface area contributed by atoms with Crippen LogP contribution in [0.25, 0.3) is 0 Å². The Bertz CT molecular complexity index is 279. The van der Waals surface area contributed by atoms with Gasteiger partial charge in [0.1, 0.15) is 6.61 Å². The Hall–Kier alpha value is -0.270. The van der Waals surface area contributed by atoms with Crippen LogP contribution < -0.4 is 0 Å². The Balaban J connectivity index is 4.22. The maximum absolute atomic E-state index is 12.7. The second-order valence-electron chi connectivity index (χ2n) is 3.09. The van der Waals surface area contributed by atoms with Crippen molar-refractivity contribution < 1.29 is 39.8 Å². The van der Waals surface area contributed by atoms with Gasteiger partial charge in [0.25, 0.3) is 0 Å². The van der Waals surface area contributed by atoms with Gasteiger partial charge in [-0.3, -0.25) is 9.05 Å². The first-order valence-corrected chi connectivity index (χ1v) is 5.98. The third-order valence-electron chi connectivity index (χ3n) is 1.56. The summed E-state index contributed by atoms with van der Waals surface area (Å²) in [6.45, 7) is -1.08. The second-order valence-corrected chi connectivity index (χ2v) is 4.47. The molecule has 0 aliphatic carbocycles. The summed E-state index contributed by atoms with van der Waals surface area (Å²) >= 11 is 0. The predicted octanol–water partition coefficient (Wildman–Crippen LogP) is 4.09. The van der Waals surface area contributed by atoms with Gasteiger partial charge in [0, 0.05) is 0 Å². The molecule has 0 aromatic heterocycles. The zero-order chi connectivity index (χ0) is 13.7. The molecule has 0 amide bonds. The Morgan fingerprint density at radius 3 is 2.06 bits per heavy atom. The lowest BCUT2D eigenvalue weighted by Crippen LogP contribution is -2.40. The molecule has 0 radical (unpaired) electrons. The summed E-state index contributed by atoms with van der Waals surface area (Å²) < 4.78 is 90.1. The van der Waals surface area contributed by atoms with Gasteiger partial charge in [-0.15, -0.1) is 4.20 Å². The molecule has 1 atom stereocenters. The molecular formula is C7H11F6O3P. The van der Waals surface area contributed by atoms with Crippen molar-refractivity contribution in [3.8, 4) is 0 Å². The van der Waals surface area contributed by atoms with Crippen LogP contribution in [0.2, 0.25) is 0 Å². The minimum atomic E-state index is -5.89. The van der Waals surface area contributed by atoms with Crippen molar-refractivity contribution in [2.75, 3.05) is 13.2 Å². The van der Waals surface area contributed by atoms with Gasteiger partial charge in [-0.25, -0.2) is 4.57 Å². The quantitative estimate of drug-likeness (QED) is 0.402. The third kappa shape index (κ3) is 6.28. The monoisotopic (exact) mass is 288 g/mol. The summed E-state index contributed by atoms with van der Waals surface area (Å²) in [6, 6.07) is 0. The summed E-state index contributed by atoms with van der Waals surface area (Å²) in [7, 11) is -5.37. The molecule has 0 aliphatic rings. The van der Waals surface area contributed by atoms with Crippen LogP contribution in [-0.4, -0.2) is 25.3 Å². The Morgan fingerprint density at radius 2 is 1.65 bits per heavy atom. The average Bonchev–Trinajstić information content (AvgIpc) is 2.14. The SMILES string of the molecule is CCCCOP(=O)(F)OCC(F)(F)C(F)(F)F. The first-order chi connectivity index (χ1) is 7.52.